The van der Waals surface area contributed by atoms with E-state index < -0.39 is 29.9 Å². The summed E-state index contributed by atoms with van der Waals surface area (Å²) in [6.45, 7) is 0. The fourth-order valence-electron chi connectivity index (χ4n) is 1.72. The van der Waals surface area contributed by atoms with Crippen LogP contribution in [0, 0.1) is 0 Å². The molecule has 0 saturated heterocycles. The average Bonchev–Trinajstić information content (AvgIpc) is 2.25. The first-order valence-electron chi connectivity index (χ1n) is 4.87. The maximum absolute atomic E-state index is 11.5. The number of nitrogens with two attached hydrogens (primary N) is 1. The average molecular weight is 319 g/mol. The highest BCUT2D eigenvalue weighted by atomic mass is 32.2. The van der Waals surface area contributed by atoms with Gasteiger partial charge in [-0.25, -0.2) is 13.6 Å². The Morgan fingerprint density at radius 1 is 1.11 bits per heavy atom. The van der Waals surface area contributed by atoms with E-state index in [-0.39, 0.29) is 5.39 Å². The number of benzene rings is 2. The molecule has 2 rings (SSSR count). The van der Waals surface area contributed by atoms with E-state index in [1.165, 1.54) is 6.07 Å². The molecule has 102 valence electrons. The predicted molar refractivity (Wildman–Crippen MR) is 72.4 cm³/mol. The van der Waals surface area contributed by atoms with Crippen LogP contribution in [0.2, 0.25) is 0 Å². The molecule has 3 N–H and O–H groups in total. The summed E-state index contributed by atoms with van der Waals surface area (Å²) in [5, 5.41) is 5.57. The van der Waals surface area contributed by atoms with Gasteiger partial charge < -0.3 is 0 Å². The van der Waals surface area contributed by atoms with Crippen LogP contribution in [-0.2, 0) is 20.1 Å². The molecule has 0 amide bonds. The minimum atomic E-state index is -4.53. The predicted octanol–water partition coefficient (Wildman–Crippen LogP) is 1.02. The lowest BCUT2D eigenvalue weighted by Gasteiger charge is -2.09. The Bertz CT molecular complexity index is 871. The van der Waals surface area contributed by atoms with E-state index in [2.05, 4.69) is 12.6 Å². The van der Waals surface area contributed by atoms with Gasteiger partial charge in [-0.15, -0.1) is 12.6 Å². The Morgan fingerprint density at radius 2 is 1.74 bits per heavy atom. The SMILES string of the molecule is NS(=O)(=O)c1cc(S(=O)(=O)O)cc2cccc(S)c12. The third kappa shape index (κ3) is 2.74. The summed E-state index contributed by atoms with van der Waals surface area (Å²) in [5.74, 6) is 0. The van der Waals surface area contributed by atoms with Crippen LogP contribution in [0.4, 0.5) is 0 Å². The molecular formula is C10H9NO5S3. The summed E-state index contributed by atoms with van der Waals surface area (Å²) >= 11 is 4.13. The largest absolute Gasteiger partial charge is 0.294 e. The number of sulfonamides is 1. The van der Waals surface area contributed by atoms with Crippen molar-refractivity contribution in [1.29, 1.82) is 0 Å². The van der Waals surface area contributed by atoms with E-state index in [0.717, 1.165) is 12.1 Å². The molecule has 0 aliphatic rings. The van der Waals surface area contributed by atoms with E-state index in [1.807, 2.05) is 0 Å². The summed E-state index contributed by atoms with van der Waals surface area (Å²) in [6.07, 6.45) is 0. The topological polar surface area (TPSA) is 115 Å². The van der Waals surface area contributed by atoms with Crippen molar-refractivity contribution in [2.45, 2.75) is 14.7 Å². The number of hydrogen-bond acceptors (Lipinski definition) is 5. The summed E-state index contributed by atoms with van der Waals surface area (Å²) in [7, 11) is -8.69. The molecule has 0 atom stereocenters. The van der Waals surface area contributed by atoms with Gasteiger partial charge in [0.05, 0.1) is 9.79 Å². The van der Waals surface area contributed by atoms with Gasteiger partial charge in [0.2, 0.25) is 10.0 Å². The van der Waals surface area contributed by atoms with Crippen LogP contribution >= 0.6 is 12.6 Å². The molecule has 0 spiro atoms. The van der Waals surface area contributed by atoms with Gasteiger partial charge in [0.25, 0.3) is 10.1 Å². The second-order valence-electron chi connectivity index (χ2n) is 3.82. The first kappa shape index (κ1) is 14.3. The molecule has 2 aromatic carbocycles. The molecule has 0 aromatic heterocycles. The zero-order valence-electron chi connectivity index (χ0n) is 9.31. The molecule has 0 radical (unpaired) electrons. The van der Waals surface area contributed by atoms with Gasteiger partial charge in [-0.2, -0.15) is 8.42 Å². The van der Waals surface area contributed by atoms with E-state index in [4.69, 9.17) is 9.69 Å². The number of rotatable bonds is 2. The molecule has 0 saturated carbocycles. The Hall–Kier alpha value is -1.13. The highest BCUT2D eigenvalue weighted by Gasteiger charge is 2.20. The molecular weight excluding hydrogens is 310 g/mol. The molecule has 0 aliphatic carbocycles. The van der Waals surface area contributed by atoms with Crippen LogP contribution in [0.1, 0.15) is 0 Å². The first-order valence-corrected chi connectivity index (χ1v) is 8.30. The van der Waals surface area contributed by atoms with Crippen LogP contribution in [0.15, 0.2) is 45.0 Å². The van der Waals surface area contributed by atoms with Crippen LogP contribution in [-0.4, -0.2) is 21.4 Å². The Kier molecular flexibility index (Phi) is 3.35. The van der Waals surface area contributed by atoms with Gasteiger partial charge in [0.1, 0.15) is 0 Å². The summed E-state index contributed by atoms with van der Waals surface area (Å²) in [6, 6.07) is 6.59. The normalized spacial score (nSPS) is 12.8. The smallest absolute Gasteiger partial charge is 0.282 e. The summed E-state index contributed by atoms with van der Waals surface area (Å²) in [5.41, 5.74) is 0. The van der Waals surface area contributed by atoms with Gasteiger partial charge in [-0.05, 0) is 23.6 Å². The Labute approximate surface area is 115 Å². The highest BCUT2D eigenvalue weighted by molar-refractivity contribution is 7.89. The quantitative estimate of drug-likeness (QED) is 0.565. The molecule has 2 aromatic rings. The van der Waals surface area contributed by atoms with Crippen LogP contribution in [0.3, 0.4) is 0 Å². The number of fused-ring (bicyclic) bond motifs is 1. The molecule has 0 unspecified atom stereocenters. The van der Waals surface area contributed by atoms with Gasteiger partial charge in [0, 0.05) is 10.3 Å². The zero-order valence-corrected chi connectivity index (χ0v) is 11.8. The Morgan fingerprint density at radius 3 is 2.26 bits per heavy atom. The van der Waals surface area contributed by atoms with Gasteiger partial charge in [-0.3, -0.25) is 4.55 Å². The van der Waals surface area contributed by atoms with Crippen molar-refractivity contribution < 1.29 is 21.4 Å². The summed E-state index contributed by atoms with van der Waals surface area (Å²) in [4.78, 5) is -0.602. The minimum absolute atomic E-state index is 0.209. The maximum Gasteiger partial charge on any atom is 0.294 e. The molecule has 9 heteroatoms. The third-order valence-corrected chi connectivity index (χ3v) is 4.64. The molecule has 6 nitrogen and oxygen atoms in total. The number of thiol groups is 1. The fourth-order valence-corrected chi connectivity index (χ4v) is 3.55. The molecule has 0 fully saturated rings. The van der Waals surface area contributed by atoms with Gasteiger partial charge in [-0.1, -0.05) is 12.1 Å². The van der Waals surface area contributed by atoms with Crippen LogP contribution < -0.4 is 5.14 Å². The van der Waals surface area contributed by atoms with Gasteiger partial charge >= 0.3 is 0 Å². The Balaban J connectivity index is 3.07. The molecule has 0 aliphatic heterocycles. The van der Waals surface area contributed by atoms with Gasteiger partial charge in [0.15, 0.2) is 0 Å². The molecule has 0 bridgehead atoms. The number of primary sulfonamides is 1. The van der Waals surface area contributed by atoms with E-state index in [9.17, 15) is 16.8 Å². The van der Waals surface area contributed by atoms with Crippen molar-refractivity contribution in [1.82, 2.24) is 0 Å². The first-order chi connectivity index (χ1) is 8.60. The van der Waals surface area contributed by atoms with Crippen molar-refractivity contribution in [2.24, 2.45) is 5.14 Å². The minimum Gasteiger partial charge on any atom is -0.282 e. The van der Waals surface area contributed by atoms with Crippen molar-refractivity contribution in [2.75, 3.05) is 0 Å². The van der Waals surface area contributed by atoms with E-state index in [0.29, 0.717) is 10.3 Å². The van der Waals surface area contributed by atoms with Crippen LogP contribution in [0.25, 0.3) is 10.8 Å². The number of hydrogen-bond donors (Lipinski definition) is 3. The maximum atomic E-state index is 11.5. The lowest BCUT2D eigenvalue weighted by Crippen LogP contribution is -2.14. The van der Waals surface area contributed by atoms with Crippen molar-refractivity contribution in [3.05, 3.63) is 30.3 Å². The van der Waals surface area contributed by atoms with Crippen molar-refractivity contribution in [3.8, 4) is 0 Å². The summed E-state index contributed by atoms with van der Waals surface area (Å²) < 4.78 is 54.4. The second kappa shape index (κ2) is 4.46. The fraction of sp³-hybridized carbons (Fsp3) is 0. The van der Waals surface area contributed by atoms with Crippen molar-refractivity contribution in [3.63, 3.8) is 0 Å². The van der Waals surface area contributed by atoms with Crippen LogP contribution in [0.5, 0.6) is 0 Å². The molecule has 0 heterocycles. The highest BCUT2D eigenvalue weighted by Crippen LogP contribution is 2.31. The zero-order chi connectivity index (χ0) is 14.4. The third-order valence-electron chi connectivity index (χ3n) is 2.50. The van der Waals surface area contributed by atoms with Crippen molar-refractivity contribution >= 4 is 43.5 Å². The lowest BCUT2D eigenvalue weighted by molar-refractivity contribution is 0.483. The standard InChI is InChI=1S/C10H9NO5S3/c11-18(12,13)9-5-7(19(14,15)16)4-6-2-1-3-8(17)10(6)9/h1-5,17H,(H2,11,12,13)(H,14,15,16). The monoisotopic (exact) mass is 319 g/mol. The van der Waals surface area contributed by atoms with E-state index >= 15 is 0 Å². The lowest BCUT2D eigenvalue weighted by atomic mass is 10.1. The second-order valence-corrected chi connectivity index (χ2v) is 7.25. The molecule has 19 heavy (non-hydrogen) atoms. The van der Waals surface area contributed by atoms with E-state index in [1.54, 1.807) is 12.1 Å².